The summed E-state index contributed by atoms with van der Waals surface area (Å²) in [7, 11) is 0. The molecule has 148 valence electrons. The Balaban J connectivity index is 1.64. The molecule has 0 amide bonds. The van der Waals surface area contributed by atoms with Crippen molar-refractivity contribution < 1.29 is 23.0 Å². The molecule has 1 saturated carbocycles. The molecular formula is C23H23F3O2. The fourth-order valence-electron chi connectivity index (χ4n) is 3.63. The van der Waals surface area contributed by atoms with Gasteiger partial charge in [0.1, 0.15) is 11.6 Å². The first-order valence-electron chi connectivity index (χ1n) is 9.55. The number of rotatable bonds is 4. The number of hydrogen-bond acceptors (Lipinski definition) is 2. The Bertz CT molecular complexity index is 891. The lowest BCUT2D eigenvalue weighted by Gasteiger charge is -2.26. The van der Waals surface area contributed by atoms with Gasteiger partial charge in [0.2, 0.25) is 0 Å². The van der Waals surface area contributed by atoms with Gasteiger partial charge in [-0.1, -0.05) is 24.0 Å². The van der Waals surface area contributed by atoms with Gasteiger partial charge in [-0.3, -0.25) is 0 Å². The minimum absolute atomic E-state index is 0.00520. The number of hydrogen-bond donors (Lipinski definition) is 1. The topological polar surface area (TPSA) is 29.5 Å². The molecule has 2 nitrogen and oxygen atoms in total. The third-order valence-electron chi connectivity index (χ3n) is 5.19. The zero-order valence-electron chi connectivity index (χ0n) is 15.8. The Hall–Kier alpha value is -2.45. The summed E-state index contributed by atoms with van der Waals surface area (Å²) in [6.07, 6.45) is 3.15. The summed E-state index contributed by atoms with van der Waals surface area (Å²) in [5.74, 6) is 4.16. The Kier molecular flexibility index (Phi) is 6.64. The highest BCUT2D eigenvalue weighted by Gasteiger charge is 2.24. The van der Waals surface area contributed by atoms with Gasteiger partial charge in [-0.15, -0.1) is 0 Å². The standard InChI is InChI=1S/C23H23F3O2/c1-2-28-19-11-12-20(21(24)13-19)16-6-3-15(4-7-16)5-8-17-9-10-18(14-27)23(26)22(17)25/h9-13,15-16,27H,2-4,6-7,14H2,1H3. The lowest BCUT2D eigenvalue weighted by molar-refractivity contribution is 0.273. The highest BCUT2D eigenvalue weighted by Crippen LogP contribution is 2.37. The molecule has 0 heterocycles. The van der Waals surface area contributed by atoms with Crippen LogP contribution in [0.2, 0.25) is 0 Å². The lowest BCUT2D eigenvalue weighted by Crippen LogP contribution is -2.13. The summed E-state index contributed by atoms with van der Waals surface area (Å²) in [6.45, 7) is 1.80. The van der Waals surface area contributed by atoms with Crippen LogP contribution in [0, 0.1) is 35.2 Å². The summed E-state index contributed by atoms with van der Waals surface area (Å²) in [6, 6.07) is 7.74. The van der Waals surface area contributed by atoms with Gasteiger partial charge >= 0.3 is 0 Å². The molecule has 0 bridgehead atoms. The van der Waals surface area contributed by atoms with Crippen molar-refractivity contribution in [3.8, 4) is 17.6 Å². The number of aliphatic hydroxyl groups excluding tert-OH is 1. The number of benzene rings is 2. The van der Waals surface area contributed by atoms with Crippen LogP contribution >= 0.6 is 0 Å². The third-order valence-corrected chi connectivity index (χ3v) is 5.19. The molecule has 28 heavy (non-hydrogen) atoms. The molecule has 0 saturated heterocycles. The van der Waals surface area contributed by atoms with Crippen LogP contribution in [0.15, 0.2) is 30.3 Å². The van der Waals surface area contributed by atoms with E-state index in [0.29, 0.717) is 17.9 Å². The maximum atomic E-state index is 14.4. The largest absolute Gasteiger partial charge is 0.494 e. The maximum Gasteiger partial charge on any atom is 0.174 e. The van der Waals surface area contributed by atoms with Crippen molar-refractivity contribution in [1.29, 1.82) is 0 Å². The van der Waals surface area contributed by atoms with Gasteiger partial charge in [0.25, 0.3) is 0 Å². The molecule has 2 aromatic rings. The van der Waals surface area contributed by atoms with Crippen molar-refractivity contribution in [2.45, 2.75) is 45.1 Å². The van der Waals surface area contributed by atoms with Gasteiger partial charge in [0.15, 0.2) is 11.6 Å². The van der Waals surface area contributed by atoms with E-state index in [2.05, 4.69) is 11.8 Å². The zero-order valence-corrected chi connectivity index (χ0v) is 15.8. The van der Waals surface area contributed by atoms with E-state index in [9.17, 15) is 13.2 Å². The van der Waals surface area contributed by atoms with Crippen LogP contribution in [0.25, 0.3) is 0 Å². The highest BCUT2D eigenvalue weighted by atomic mass is 19.2. The van der Waals surface area contributed by atoms with Crippen LogP contribution in [-0.4, -0.2) is 11.7 Å². The van der Waals surface area contributed by atoms with Gasteiger partial charge in [-0.05, 0) is 56.2 Å². The molecule has 5 heteroatoms. The van der Waals surface area contributed by atoms with Crippen molar-refractivity contribution in [3.63, 3.8) is 0 Å². The van der Waals surface area contributed by atoms with Crippen molar-refractivity contribution in [3.05, 3.63) is 64.5 Å². The zero-order chi connectivity index (χ0) is 20.1. The Labute approximate surface area is 163 Å². The molecule has 1 aliphatic rings. The number of aliphatic hydroxyl groups is 1. The fourth-order valence-corrected chi connectivity index (χ4v) is 3.63. The fraction of sp³-hybridized carbons (Fsp3) is 0.391. The van der Waals surface area contributed by atoms with Crippen LogP contribution < -0.4 is 4.74 Å². The number of ether oxygens (including phenoxy) is 1. The van der Waals surface area contributed by atoms with Crippen molar-refractivity contribution >= 4 is 0 Å². The van der Waals surface area contributed by atoms with E-state index in [1.165, 1.54) is 18.2 Å². The molecule has 1 fully saturated rings. The van der Waals surface area contributed by atoms with Crippen LogP contribution in [0.3, 0.4) is 0 Å². The van der Waals surface area contributed by atoms with Gasteiger partial charge in [0.05, 0.1) is 18.8 Å². The molecule has 0 atom stereocenters. The normalized spacial score (nSPS) is 19.0. The van der Waals surface area contributed by atoms with Gasteiger partial charge in [0, 0.05) is 17.5 Å². The monoisotopic (exact) mass is 388 g/mol. The molecule has 0 aliphatic heterocycles. The van der Waals surface area contributed by atoms with Crippen molar-refractivity contribution in [2.24, 2.45) is 5.92 Å². The van der Waals surface area contributed by atoms with Crippen LogP contribution in [0.5, 0.6) is 5.75 Å². The number of halogens is 3. The van der Waals surface area contributed by atoms with Crippen molar-refractivity contribution in [2.75, 3.05) is 6.61 Å². The summed E-state index contributed by atoms with van der Waals surface area (Å²) >= 11 is 0. The summed E-state index contributed by atoms with van der Waals surface area (Å²) in [4.78, 5) is 0. The van der Waals surface area contributed by atoms with E-state index in [1.54, 1.807) is 12.1 Å². The van der Waals surface area contributed by atoms with Gasteiger partial charge in [-0.2, -0.15) is 0 Å². The second-order valence-electron chi connectivity index (χ2n) is 6.99. The average molecular weight is 388 g/mol. The molecule has 0 unspecified atom stereocenters. The molecule has 1 N–H and O–H groups in total. The maximum absolute atomic E-state index is 14.4. The Morgan fingerprint density at radius 2 is 1.79 bits per heavy atom. The first kappa shape index (κ1) is 20.3. The SMILES string of the molecule is CCOc1ccc(C2CCC(C#Cc3ccc(CO)c(F)c3F)CC2)c(F)c1. The van der Waals surface area contributed by atoms with Crippen LogP contribution in [-0.2, 0) is 6.61 Å². The first-order chi connectivity index (χ1) is 13.5. The molecule has 0 spiro atoms. The summed E-state index contributed by atoms with van der Waals surface area (Å²) < 4.78 is 47.4. The van der Waals surface area contributed by atoms with Gasteiger partial charge < -0.3 is 9.84 Å². The van der Waals surface area contributed by atoms with E-state index in [4.69, 9.17) is 9.84 Å². The average Bonchev–Trinajstić information content (AvgIpc) is 2.70. The Morgan fingerprint density at radius 3 is 2.43 bits per heavy atom. The molecule has 1 aliphatic carbocycles. The first-order valence-corrected chi connectivity index (χ1v) is 9.55. The Morgan fingerprint density at radius 1 is 1.04 bits per heavy atom. The molecule has 0 radical (unpaired) electrons. The second-order valence-corrected chi connectivity index (χ2v) is 6.99. The smallest absolute Gasteiger partial charge is 0.174 e. The van der Waals surface area contributed by atoms with E-state index < -0.39 is 18.2 Å². The van der Waals surface area contributed by atoms with E-state index in [0.717, 1.165) is 25.7 Å². The molecule has 2 aromatic carbocycles. The quantitative estimate of drug-likeness (QED) is 0.719. The molecular weight excluding hydrogens is 365 g/mol. The summed E-state index contributed by atoms with van der Waals surface area (Å²) in [5, 5.41) is 8.97. The predicted octanol–water partition coefficient (Wildman–Crippen LogP) is 5.32. The highest BCUT2D eigenvalue weighted by molar-refractivity contribution is 5.39. The van der Waals surface area contributed by atoms with Gasteiger partial charge in [-0.25, -0.2) is 13.2 Å². The molecule has 3 rings (SSSR count). The predicted molar refractivity (Wildman–Crippen MR) is 101 cm³/mol. The van der Waals surface area contributed by atoms with E-state index in [1.807, 2.05) is 6.92 Å². The third kappa shape index (κ3) is 4.51. The van der Waals surface area contributed by atoms with Crippen molar-refractivity contribution in [1.82, 2.24) is 0 Å². The minimum atomic E-state index is -1.05. The van der Waals surface area contributed by atoms with E-state index in [-0.39, 0.29) is 28.8 Å². The summed E-state index contributed by atoms with van der Waals surface area (Å²) in [5.41, 5.74) is 0.609. The van der Waals surface area contributed by atoms with E-state index >= 15 is 0 Å². The lowest BCUT2D eigenvalue weighted by atomic mass is 9.78. The molecule has 0 aromatic heterocycles. The minimum Gasteiger partial charge on any atom is -0.494 e. The second kappa shape index (κ2) is 9.16. The van der Waals surface area contributed by atoms with Crippen LogP contribution in [0.4, 0.5) is 13.2 Å². The van der Waals surface area contributed by atoms with Crippen LogP contribution in [0.1, 0.15) is 55.2 Å².